The Hall–Kier alpha value is -2.97. The van der Waals surface area contributed by atoms with Crippen molar-refractivity contribution in [2.24, 2.45) is 5.92 Å². The van der Waals surface area contributed by atoms with Gasteiger partial charge in [0.2, 0.25) is 5.95 Å². The lowest BCUT2D eigenvalue weighted by Gasteiger charge is -2.18. The van der Waals surface area contributed by atoms with Crippen LogP contribution in [0.3, 0.4) is 0 Å². The summed E-state index contributed by atoms with van der Waals surface area (Å²) in [6, 6.07) is 11.7. The lowest BCUT2D eigenvalue weighted by Crippen LogP contribution is -2.17. The molecule has 1 heterocycles. The molecule has 0 aliphatic heterocycles. The van der Waals surface area contributed by atoms with Crippen LogP contribution in [0.2, 0.25) is 5.15 Å². The molecular formula is C26H28ClN3O4S. The quantitative estimate of drug-likeness (QED) is 0.320. The highest BCUT2D eigenvalue weighted by molar-refractivity contribution is 7.92. The Labute approximate surface area is 211 Å². The second kappa shape index (κ2) is 10.3. The van der Waals surface area contributed by atoms with E-state index in [1.165, 1.54) is 62.6 Å². The van der Waals surface area contributed by atoms with Gasteiger partial charge in [-0.2, -0.15) is 4.98 Å². The van der Waals surface area contributed by atoms with Crippen molar-refractivity contribution in [3.63, 3.8) is 0 Å². The number of aryl methyl sites for hydroxylation is 1. The highest BCUT2D eigenvalue weighted by atomic mass is 35.5. The number of nitrogens with zero attached hydrogens (tertiary/aromatic N) is 2. The van der Waals surface area contributed by atoms with Gasteiger partial charge >= 0.3 is 5.97 Å². The summed E-state index contributed by atoms with van der Waals surface area (Å²) in [7, 11) is -2.85. The minimum atomic E-state index is -4.09. The molecule has 1 saturated carbocycles. The van der Waals surface area contributed by atoms with Gasteiger partial charge in [0.25, 0.3) is 10.0 Å². The lowest BCUT2D eigenvalue weighted by molar-refractivity contribution is 0.0600. The molecule has 1 N–H and O–H groups in total. The van der Waals surface area contributed by atoms with E-state index >= 15 is 0 Å². The third kappa shape index (κ3) is 5.49. The van der Waals surface area contributed by atoms with Crippen molar-refractivity contribution >= 4 is 33.5 Å². The topological polar surface area (TPSA) is 98.2 Å². The molecule has 0 unspecified atom stereocenters. The van der Waals surface area contributed by atoms with Crippen LogP contribution in [-0.4, -0.2) is 31.5 Å². The van der Waals surface area contributed by atoms with Gasteiger partial charge in [-0.15, -0.1) is 0 Å². The Bertz CT molecular complexity index is 1370. The Morgan fingerprint density at radius 2 is 1.83 bits per heavy atom. The number of rotatable bonds is 7. The number of benzene rings is 2. The maximum atomic E-state index is 13.1. The summed E-state index contributed by atoms with van der Waals surface area (Å²) in [5.41, 5.74) is 4.60. The van der Waals surface area contributed by atoms with E-state index in [0.29, 0.717) is 17.2 Å². The van der Waals surface area contributed by atoms with Gasteiger partial charge in [-0.05, 0) is 55.5 Å². The van der Waals surface area contributed by atoms with Gasteiger partial charge in [-0.3, -0.25) is 0 Å². The summed E-state index contributed by atoms with van der Waals surface area (Å²) in [4.78, 5) is 20.5. The molecule has 0 amide bonds. The summed E-state index contributed by atoms with van der Waals surface area (Å²) in [6.07, 6.45) is 5.89. The van der Waals surface area contributed by atoms with Crippen LogP contribution in [0.25, 0.3) is 11.3 Å². The normalized spacial score (nSPS) is 14.2. The van der Waals surface area contributed by atoms with E-state index in [9.17, 15) is 13.2 Å². The Morgan fingerprint density at radius 3 is 2.54 bits per heavy atom. The number of ether oxygens (including phenoxy) is 1. The molecule has 0 bridgehead atoms. The van der Waals surface area contributed by atoms with Gasteiger partial charge in [0.05, 0.1) is 23.3 Å². The number of anilines is 1. The van der Waals surface area contributed by atoms with E-state index in [4.69, 9.17) is 11.6 Å². The number of aromatic nitrogens is 2. The van der Waals surface area contributed by atoms with E-state index < -0.39 is 16.0 Å². The fourth-order valence-electron chi connectivity index (χ4n) is 4.63. The second-order valence-corrected chi connectivity index (χ2v) is 10.9. The van der Waals surface area contributed by atoms with Crippen molar-refractivity contribution in [2.75, 3.05) is 11.8 Å². The summed E-state index contributed by atoms with van der Waals surface area (Å²) in [5, 5.41) is 0.172. The van der Waals surface area contributed by atoms with Gasteiger partial charge in [-0.25, -0.2) is 22.9 Å². The zero-order chi connectivity index (χ0) is 25.2. The van der Waals surface area contributed by atoms with Gasteiger partial charge in [0, 0.05) is 11.1 Å². The van der Waals surface area contributed by atoms with E-state index in [1.54, 1.807) is 0 Å². The molecule has 3 aromatic rings. The van der Waals surface area contributed by atoms with Crippen molar-refractivity contribution in [1.82, 2.24) is 9.97 Å². The zero-order valence-electron chi connectivity index (χ0n) is 20.0. The van der Waals surface area contributed by atoms with Crippen molar-refractivity contribution < 1.29 is 17.9 Å². The third-order valence-corrected chi connectivity index (χ3v) is 8.15. The van der Waals surface area contributed by atoms with Crippen LogP contribution in [0.5, 0.6) is 0 Å². The largest absolute Gasteiger partial charge is 0.465 e. The molecule has 35 heavy (non-hydrogen) atoms. The van der Waals surface area contributed by atoms with Crippen LogP contribution >= 0.6 is 11.6 Å². The van der Waals surface area contributed by atoms with E-state index in [1.807, 2.05) is 26.0 Å². The maximum absolute atomic E-state index is 13.1. The SMILES string of the molecule is COC(=O)c1cccc(S(=O)(=O)Nc2nc(Cl)c(C)c(-c3c(C)cccc3CC3CCCC3)n2)c1. The van der Waals surface area contributed by atoms with Crippen molar-refractivity contribution in [1.29, 1.82) is 0 Å². The summed E-state index contributed by atoms with van der Waals surface area (Å²) in [5.74, 6) is -0.129. The molecule has 0 spiro atoms. The molecule has 0 atom stereocenters. The van der Waals surface area contributed by atoms with Gasteiger partial charge < -0.3 is 4.74 Å². The molecule has 2 aromatic carbocycles. The first-order valence-corrected chi connectivity index (χ1v) is 13.4. The first kappa shape index (κ1) is 25.1. The molecule has 7 nitrogen and oxygen atoms in total. The van der Waals surface area contributed by atoms with Gasteiger partial charge in [-0.1, -0.05) is 61.5 Å². The van der Waals surface area contributed by atoms with Gasteiger partial charge in [0.1, 0.15) is 5.15 Å². The third-order valence-electron chi connectivity index (χ3n) is 6.46. The Balaban J connectivity index is 1.73. The van der Waals surface area contributed by atoms with Crippen molar-refractivity contribution in [3.05, 3.63) is 69.9 Å². The monoisotopic (exact) mass is 513 g/mol. The Kier molecular flexibility index (Phi) is 7.42. The molecule has 1 aromatic heterocycles. The number of hydrogen-bond acceptors (Lipinski definition) is 6. The van der Waals surface area contributed by atoms with Gasteiger partial charge in [0.15, 0.2) is 0 Å². The van der Waals surface area contributed by atoms with E-state index in [-0.39, 0.29) is 21.6 Å². The first-order valence-electron chi connectivity index (χ1n) is 11.5. The lowest BCUT2D eigenvalue weighted by atomic mass is 9.90. The van der Waals surface area contributed by atoms with Crippen LogP contribution in [0, 0.1) is 19.8 Å². The molecule has 1 fully saturated rings. The van der Waals surface area contributed by atoms with Crippen LogP contribution in [0.4, 0.5) is 5.95 Å². The first-order chi connectivity index (χ1) is 16.7. The molecule has 1 aliphatic rings. The predicted molar refractivity (Wildman–Crippen MR) is 136 cm³/mol. The number of carbonyl (C=O) groups is 1. The standard InChI is InChI=1S/C26H28ClN3O4S/c1-16-8-6-11-19(14-18-9-4-5-10-18)22(16)23-17(2)24(27)29-26(28-23)30-35(32,33)21-13-7-12-20(15-21)25(31)34-3/h6-8,11-13,15,18H,4-5,9-10,14H2,1-3H3,(H,28,29,30). The van der Waals surface area contributed by atoms with Crippen molar-refractivity contribution in [2.45, 2.75) is 50.8 Å². The average molecular weight is 514 g/mol. The fraction of sp³-hybridized carbons (Fsp3) is 0.346. The minimum absolute atomic E-state index is 0.111. The van der Waals surface area contributed by atoms with Crippen LogP contribution < -0.4 is 4.72 Å². The molecule has 9 heteroatoms. The average Bonchev–Trinajstić information content (AvgIpc) is 3.34. The predicted octanol–water partition coefficient (Wildman–Crippen LogP) is 5.73. The van der Waals surface area contributed by atoms with Crippen molar-refractivity contribution in [3.8, 4) is 11.3 Å². The number of esters is 1. The molecule has 0 radical (unpaired) electrons. The number of sulfonamides is 1. The van der Waals surface area contributed by atoms with Crippen LogP contribution in [0.15, 0.2) is 47.4 Å². The number of carbonyl (C=O) groups excluding carboxylic acids is 1. The minimum Gasteiger partial charge on any atom is -0.465 e. The number of hydrogen-bond donors (Lipinski definition) is 1. The fourth-order valence-corrected chi connectivity index (χ4v) is 5.79. The highest BCUT2D eigenvalue weighted by Gasteiger charge is 2.23. The molecular weight excluding hydrogens is 486 g/mol. The zero-order valence-corrected chi connectivity index (χ0v) is 21.5. The number of methoxy groups -OCH3 is 1. The maximum Gasteiger partial charge on any atom is 0.337 e. The second-order valence-electron chi connectivity index (χ2n) is 8.90. The highest BCUT2D eigenvalue weighted by Crippen LogP contribution is 2.36. The summed E-state index contributed by atoms with van der Waals surface area (Å²) < 4.78 is 33.3. The summed E-state index contributed by atoms with van der Waals surface area (Å²) in [6.45, 7) is 3.85. The smallest absolute Gasteiger partial charge is 0.337 e. The van der Waals surface area contributed by atoms with E-state index in [2.05, 4.69) is 25.5 Å². The van der Waals surface area contributed by atoms with Crippen LogP contribution in [-0.2, 0) is 21.2 Å². The Morgan fingerprint density at radius 1 is 1.11 bits per heavy atom. The molecule has 0 saturated heterocycles. The molecule has 1 aliphatic carbocycles. The summed E-state index contributed by atoms with van der Waals surface area (Å²) >= 11 is 6.46. The number of nitrogens with one attached hydrogen (secondary N) is 1. The molecule has 4 rings (SSSR count). The van der Waals surface area contributed by atoms with E-state index in [0.717, 1.165) is 17.5 Å². The van der Waals surface area contributed by atoms with Crippen LogP contribution in [0.1, 0.15) is 52.7 Å². The molecule has 184 valence electrons. The number of halogens is 1.